The lowest BCUT2D eigenvalue weighted by atomic mass is 9.79. The van der Waals surface area contributed by atoms with Gasteiger partial charge in [0.2, 0.25) is 6.79 Å². The van der Waals surface area contributed by atoms with E-state index in [-0.39, 0.29) is 19.8 Å². The van der Waals surface area contributed by atoms with E-state index in [1.54, 1.807) is 24.3 Å². The van der Waals surface area contributed by atoms with Gasteiger partial charge in [0, 0.05) is 23.5 Å². The summed E-state index contributed by atoms with van der Waals surface area (Å²) in [6.07, 6.45) is 0.632. The number of carboxylic acid groups (broad SMARTS) is 2. The van der Waals surface area contributed by atoms with Crippen molar-refractivity contribution < 1.29 is 43.5 Å². The van der Waals surface area contributed by atoms with Gasteiger partial charge in [0.25, 0.3) is 0 Å². The number of hydrogen-bond acceptors (Lipinski definition) is 7. The van der Waals surface area contributed by atoms with E-state index in [1.807, 2.05) is 37.3 Å². The third-order valence-corrected chi connectivity index (χ3v) is 7.09. The highest BCUT2D eigenvalue weighted by Crippen LogP contribution is 2.56. The van der Waals surface area contributed by atoms with E-state index in [4.69, 9.17) is 28.8 Å². The lowest BCUT2D eigenvalue weighted by Crippen LogP contribution is -2.24. The highest BCUT2D eigenvalue weighted by atomic mass is 16.7. The topological polar surface area (TPSA) is 121 Å². The van der Waals surface area contributed by atoms with Gasteiger partial charge in [-0.15, -0.1) is 0 Å². The summed E-state index contributed by atoms with van der Waals surface area (Å²) >= 11 is 0. The Morgan fingerprint density at radius 3 is 2.36 bits per heavy atom. The average molecular weight is 535 g/mol. The SMILES string of the molecule is CCCOc1ccc2c(c1)C(c1ccc(OC)cc1OCCC(=O)O)C(C(=O)O)C2c1ccc2c(c1)OCO2. The van der Waals surface area contributed by atoms with E-state index < -0.39 is 29.7 Å². The first kappa shape index (κ1) is 26.2. The lowest BCUT2D eigenvalue weighted by molar-refractivity contribution is -0.142. The number of hydrogen-bond donors (Lipinski definition) is 2. The summed E-state index contributed by atoms with van der Waals surface area (Å²) < 4.78 is 28.3. The Morgan fingerprint density at radius 1 is 0.846 bits per heavy atom. The van der Waals surface area contributed by atoms with Crippen LogP contribution in [-0.4, -0.2) is 49.3 Å². The minimum atomic E-state index is -0.991. The molecule has 2 N–H and O–H groups in total. The van der Waals surface area contributed by atoms with E-state index in [9.17, 15) is 14.7 Å². The molecule has 0 saturated heterocycles. The zero-order chi connectivity index (χ0) is 27.5. The van der Waals surface area contributed by atoms with Crippen molar-refractivity contribution in [3.63, 3.8) is 0 Å². The third-order valence-electron chi connectivity index (χ3n) is 7.09. The first-order chi connectivity index (χ1) is 18.9. The lowest BCUT2D eigenvalue weighted by Gasteiger charge is -2.25. The average Bonchev–Trinajstić information content (AvgIpc) is 3.53. The number of methoxy groups -OCH3 is 1. The van der Waals surface area contributed by atoms with Gasteiger partial charge in [-0.3, -0.25) is 9.59 Å². The molecule has 39 heavy (non-hydrogen) atoms. The van der Waals surface area contributed by atoms with Crippen LogP contribution in [0.4, 0.5) is 0 Å². The van der Waals surface area contributed by atoms with Crippen LogP contribution in [0.25, 0.3) is 0 Å². The number of ether oxygens (including phenoxy) is 5. The molecule has 0 spiro atoms. The van der Waals surface area contributed by atoms with Crippen molar-refractivity contribution in [3.05, 3.63) is 76.9 Å². The van der Waals surface area contributed by atoms with Crippen molar-refractivity contribution >= 4 is 11.9 Å². The van der Waals surface area contributed by atoms with Crippen molar-refractivity contribution in [2.45, 2.75) is 31.6 Å². The van der Waals surface area contributed by atoms with Crippen molar-refractivity contribution in [2.24, 2.45) is 5.92 Å². The number of rotatable bonds is 11. The van der Waals surface area contributed by atoms with E-state index in [2.05, 4.69) is 0 Å². The maximum atomic E-state index is 13.0. The number of aliphatic carboxylic acids is 2. The van der Waals surface area contributed by atoms with Crippen molar-refractivity contribution in [1.29, 1.82) is 0 Å². The Balaban J connectivity index is 1.66. The number of carbonyl (C=O) groups is 2. The molecule has 2 aliphatic rings. The highest BCUT2D eigenvalue weighted by molar-refractivity contribution is 5.78. The second-order valence-electron chi connectivity index (χ2n) is 9.47. The minimum Gasteiger partial charge on any atom is -0.497 e. The van der Waals surface area contributed by atoms with Crippen LogP contribution < -0.4 is 23.7 Å². The molecule has 3 unspecified atom stereocenters. The molecular formula is C30H30O9. The van der Waals surface area contributed by atoms with Crippen LogP contribution in [0.1, 0.15) is 53.9 Å². The molecule has 1 aliphatic heterocycles. The Bertz CT molecular complexity index is 1380. The molecule has 0 radical (unpaired) electrons. The molecular weight excluding hydrogens is 504 g/mol. The van der Waals surface area contributed by atoms with Crippen LogP contribution in [0, 0.1) is 5.92 Å². The second-order valence-corrected chi connectivity index (χ2v) is 9.47. The first-order valence-corrected chi connectivity index (χ1v) is 12.8. The normalized spacial score (nSPS) is 18.9. The van der Waals surface area contributed by atoms with Gasteiger partial charge < -0.3 is 33.9 Å². The summed E-state index contributed by atoms with van der Waals surface area (Å²) in [7, 11) is 1.52. The Kier molecular flexibility index (Phi) is 7.49. The summed E-state index contributed by atoms with van der Waals surface area (Å²) in [4.78, 5) is 24.2. The molecule has 3 aromatic carbocycles. The molecule has 5 rings (SSSR count). The summed E-state index contributed by atoms with van der Waals surface area (Å²) in [5.74, 6) is -1.22. The predicted molar refractivity (Wildman–Crippen MR) is 140 cm³/mol. The summed E-state index contributed by atoms with van der Waals surface area (Å²) in [6.45, 7) is 2.60. The maximum absolute atomic E-state index is 13.0. The van der Waals surface area contributed by atoms with Crippen LogP contribution in [0.2, 0.25) is 0 Å². The Hall–Kier alpha value is -4.40. The monoisotopic (exact) mass is 534 g/mol. The minimum absolute atomic E-state index is 0.0714. The van der Waals surface area contributed by atoms with Crippen LogP contribution in [-0.2, 0) is 9.59 Å². The zero-order valence-electron chi connectivity index (χ0n) is 21.7. The molecule has 9 heteroatoms. The standard InChI is InChI=1S/C30H30O9/c1-3-11-36-19-6-7-20-22(14-19)28(21-8-5-18(35-2)15-24(21)37-12-10-26(31)32)29(30(33)34)27(20)17-4-9-23-25(13-17)39-16-38-23/h4-9,13-15,27-29H,3,10-12,16H2,1-2H3,(H,31,32)(H,33,34). The van der Waals surface area contributed by atoms with Gasteiger partial charge in [-0.2, -0.15) is 0 Å². The van der Waals surface area contributed by atoms with Gasteiger partial charge in [0.1, 0.15) is 17.2 Å². The van der Waals surface area contributed by atoms with Crippen LogP contribution in [0.3, 0.4) is 0 Å². The van der Waals surface area contributed by atoms with Gasteiger partial charge in [-0.1, -0.05) is 25.1 Å². The molecule has 0 fully saturated rings. The van der Waals surface area contributed by atoms with Gasteiger partial charge in [0.15, 0.2) is 11.5 Å². The fourth-order valence-corrected chi connectivity index (χ4v) is 5.41. The van der Waals surface area contributed by atoms with E-state index in [0.717, 1.165) is 23.1 Å². The summed E-state index contributed by atoms with van der Waals surface area (Å²) in [5.41, 5.74) is 3.10. The van der Waals surface area contributed by atoms with Crippen molar-refractivity contribution in [1.82, 2.24) is 0 Å². The van der Waals surface area contributed by atoms with Crippen molar-refractivity contribution in [2.75, 3.05) is 27.1 Å². The third kappa shape index (κ3) is 5.16. The molecule has 1 aliphatic carbocycles. The zero-order valence-corrected chi connectivity index (χ0v) is 21.7. The molecule has 3 aromatic rings. The second kappa shape index (κ2) is 11.1. The van der Waals surface area contributed by atoms with Gasteiger partial charge in [-0.25, -0.2) is 0 Å². The van der Waals surface area contributed by atoms with Crippen LogP contribution >= 0.6 is 0 Å². The molecule has 3 atom stereocenters. The van der Waals surface area contributed by atoms with Crippen molar-refractivity contribution in [3.8, 4) is 28.7 Å². The summed E-state index contributed by atoms with van der Waals surface area (Å²) in [5, 5.41) is 19.8. The predicted octanol–water partition coefficient (Wildman–Crippen LogP) is 5.04. The quantitative estimate of drug-likeness (QED) is 0.348. The molecule has 204 valence electrons. The van der Waals surface area contributed by atoms with Gasteiger partial charge in [-0.05, 0) is 53.4 Å². The molecule has 0 amide bonds. The number of fused-ring (bicyclic) bond motifs is 2. The van der Waals surface area contributed by atoms with Gasteiger partial charge >= 0.3 is 11.9 Å². The maximum Gasteiger partial charge on any atom is 0.308 e. The fourth-order valence-electron chi connectivity index (χ4n) is 5.41. The van der Waals surface area contributed by atoms with Crippen LogP contribution in [0.15, 0.2) is 54.6 Å². The molecule has 0 bridgehead atoms. The molecule has 0 aromatic heterocycles. The molecule has 9 nitrogen and oxygen atoms in total. The highest BCUT2D eigenvalue weighted by Gasteiger charge is 2.48. The largest absolute Gasteiger partial charge is 0.497 e. The molecule has 0 saturated carbocycles. The smallest absolute Gasteiger partial charge is 0.308 e. The number of benzene rings is 3. The molecule has 1 heterocycles. The Morgan fingerprint density at radius 2 is 1.62 bits per heavy atom. The van der Waals surface area contributed by atoms with Gasteiger partial charge in [0.05, 0.1) is 32.7 Å². The van der Waals surface area contributed by atoms with E-state index >= 15 is 0 Å². The van der Waals surface area contributed by atoms with E-state index in [1.165, 1.54) is 7.11 Å². The Labute approximate surface area is 225 Å². The fraction of sp³-hybridized carbons (Fsp3) is 0.333. The number of carboxylic acids is 2. The first-order valence-electron chi connectivity index (χ1n) is 12.8. The van der Waals surface area contributed by atoms with Crippen LogP contribution in [0.5, 0.6) is 28.7 Å². The summed E-state index contributed by atoms with van der Waals surface area (Å²) in [6, 6.07) is 16.4. The van der Waals surface area contributed by atoms with E-state index in [0.29, 0.717) is 40.9 Å².